The van der Waals surface area contributed by atoms with Crippen LogP contribution in [0.5, 0.6) is 11.5 Å². The van der Waals surface area contributed by atoms with Gasteiger partial charge in [-0.25, -0.2) is 0 Å². The molecule has 8 heteroatoms. The highest BCUT2D eigenvalue weighted by atomic mass is 32.1. The Kier molecular flexibility index (Phi) is 6.69. The third kappa shape index (κ3) is 4.81. The molecule has 0 radical (unpaired) electrons. The zero-order valence-corrected chi connectivity index (χ0v) is 21.0. The maximum atomic E-state index is 13.8. The first-order chi connectivity index (χ1) is 17.8. The van der Waals surface area contributed by atoms with Crippen molar-refractivity contribution < 1.29 is 27.4 Å². The number of amides is 1. The van der Waals surface area contributed by atoms with Crippen molar-refractivity contribution in [2.24, 2.45) is 0 Å². The summed E-state index contributed by atoms with van der Waals surface area (Å²) in [5.41, 5.74) is 2.70. The van der Waals surface area contributed by atoms with Gasteiger partial charge in [0, 0.05) is 11.4 Å². The Hall–Kier alpha value is -3.78. The number of nitrogens with zero attached hydrogens (tertiary/aromatic N) is 1. The highest BCUT2D eigenvalue weighted by Gasteiger charge is 2.35. The largest absolute Gasteiger partial charge is 0.493 e. The van der Waals surface area contributed by atoms with Gasteiger partial charge in [-0.2, -0.15) is 13.2 Å². The van der Waals surface area contributed by atoms with Crippen LogP contribution in [0.3, 0.4) is 0 Å². The molecule has 5 rings (SSSR count). The number of hydrogen-bond donors (Lipinski definition) is 0. The molecule has 0 saturated heterocycles. The lowest BCUT2D eigenvalue weighted by molar-refractivity contribution is -0.137. The van der Waals surface area contributed by atoms with E-state index in [2.05, 4.69) is 0 Å². The summed E-state index contributed by atoms with van der Waals surface area (Å²) in [5.74, 6) is 1.05. The van der Waals surface area contributed by atoms with Crippen LogP contribution in [0.2, 0.25) is 0 Å². The molecule has 0 bridgehead atoms. The van der Waals surface area contributed by atoms with Crippen molar-refractivity contribution in [3.63, 3.8) is 0 Å². The van der Waals surface area contributed by atoms with Gasteiger partial charge in [0.15, 0.2) is 11.5 Å². The van der Waals surface area contributed by atoms with Gasteiger partial charge in [-0.3, -0.25) is 4.79 Å². The van der Waals surface area contributed by atoms with Crippen molar-refractivity contribution in [2.45, 2.75) is 18.6 Å². The highest BCUT2D eigenvalue weighted by Crippen LogP contribution is 2.42. The van der Waals surface area contributed by atoms with Gasteiger partial charge >= 0.3 is 6.18 Å². The average Bonchev–Trinajstić information content (AvgIpc) is 3.42. The predicted molar refractivity (Wildman–Crippen MR) is 137 cm³/mol. The fourth-order valence-corrected chi connectivity index (χ4v) is 5.72. The second-order valence-corrected chi connectivity index (χ2v) is 9.79. The smallest absolute Gasteiger partial charge is 0.416 e. The van der Waals surface area contributed by atoms with Gasteiger partial charge < -0.3 is 14.4 Å². The van der Waals surface area contributed by atoms with E-state index in [-0.39, 0.29) is 11.9 Å². The summed E-state index contributed by atoms with van der Waals surface area (Å²) >= 11 is 1.20. The summed E-state index contributed by atoms with van der Waals surface area (Å²) in [6.07, 6.45) is -3.80. The van der Waals surface area contributed by atoms with Gasteiger partial charge in [0.1, 0.15) is 0 Å². The van der Waals surface area contributed by atoms with E-state index >= 15 is 0 Å². The molecule has 1 aliphatic heterocycles. The lowest BCUT2D eigenvalue weighted by atomic mass is 9.87. The first-order valence-corrected chi connectivity index (χ1v) is 12.5. The lowest BCUT2D eigenvalue weighted by Gasteiger charge is -2.38. The number of rotatable bonds is 5. The van der Waals surface area contributed by atoms with Crippen LogP contribution in [-0.2, 0) is 12.6 Å². The van der Waals surface area contributed by atoms with E-state index in [1.165, 1.54) is 17.4 Å². The summed E-state index contributed by atoms with van der Waals surface area (Å²) in [6, 6.07) is 21.9. The summed E-state index contributed by atoms with van der Waals surface area (Å²) < 4.78 is 50.7. The van der Waals surface area contributed by atoms with E-state index in [4.69, 9.17) is 9.47 Å². The summed E-state index contributed by atoms with van der Waals surface area (Å²) in [5, 5.41) is 0. The number of halogens is 3. The summed E-state index contributed by atoms with van der Waals surface area (Å²) in [6.45, 7) is 0.484. The zero-order valence-electron chi connectivity index (χ0n) is 20.2. The quantitative estimate of drug-likeness (QED) is 0.277. The molecular formula is C29H24F3NO3S. The zero-order chi connectivity index (χ0) is 26.2. The van der Waals surface area contributed by atoms with Gasteiger partial charge in [0.25, 0.3) is 5.91 Å². The van der Waals surface area contributed by atoms with Gasteiger partial charge in [-0.15, -0.1) is 11.3 Å². The molecule has 0 N–H and O–H groups in total. The van der Waals surface area contributed by atoms with E-state index in [0.717, 1.165) is 28.8 Å². The van der Waals surface area contributed by atoms with Crippen LogP contribution in [0.25, 0.3) is 10.4 Å². The molecule has 4 aromatic rings. The van der Waals surface area contributed by atoms with E-state index in [0.29, 0.717) is 39.8 Å². The van der Waals surface area contributed by atoms with Crippen LogP contribution >= 0.6 is 11.3 Å². The maximum absolute atomic E-state index is 13.8. The van der Waals surface area contributed by atoms with Crippen LogP contribution < -0.4 is 9.47 Å². The maximum Gasteiger partial charge on any atom is 0.416 e. The highest BCUT2D eigenvalue weighted by molar-refractivity contribution is 7.17. The van der Waals surface area contributed by atoms with Crippen molar-refractivity contribution in [3.8, 4) is 21.9 Å². The number of fused-ring (bicyclic) bond motifs is 1. The molecule has 1 aromatic heterocycles. The molecule has 0 saturated carbocycles. The normalized spacial score (nSPS) is 15.3. The standard InChI is InChI=1S/C29H24F3NO3S/c1-35-23-16-19-13-14-33(27(18-7-4-3-5-8-18)22(19)17-24(23)36-2)28(34)26-12-11-25(37-26)20-9-6-10-21(15-20)29(30,31)32/h3-12,15-17,27H,13-14H2,1-2H3/t27-/m1/s1. The van der Waals surface area contributed by atoms with Crippen molar-refractivity contribution >= 4 is 17.2 Å². The second-order valence-electron chi connectivity index (χ2n) is 8.71. The number of alkyl halides is 3. The fourth-order valence-electron chi connectivity index (χ4n) is 4.76. The first-order valence-electron chi connectivity index (χ1n) is 11.7. The minimum Gasteiger partial charge on any atom is -0.493 e. The summed E-state index contributed by atoms with van der Waals surface area (Å²) in [7, 11) is 3.17. The van der Waals surface area contributed by atoms with E-state index in [1.54, 1.807) is 32.4 Å². The van der Waals surface area contributed by atoms with Gasteiger partial charge in [0.05, 0.1) is 30.7 Å². The summed E-state index contributed by atoms with van der Waals surface area (Å²) in [4.78, 5) is 16.7. The van der Waals surface area contributed by atoms with Crippen molar-refractivity contribution in [3.05, 3.63) is 106 Å². The molecule has 4 nitrogen and oxygen atoms in total. The molecule has 2 heterocycles. The number of hydrogen-bond acceptors (Lipinski definition) is 4. The Morgan fingerprint density at radius 3 is 2.35 bits per heavy atom. The van der Waals surface area contributed by atoms with Gasteiger partial charge in [-0.1, -0.05) is 42.5 Å². The van der Waals surface area contributed by atoms with Gasteiger partial charge in [-0.05, 0) is 65.1 Å². The molecule has 0 fully saturated rings. The Morgan fingerprint density at radius 2 is 1.65 bits per heavy atom. The third-order valence-electron chi connectivity index (χ3n) is 6.54. The monoisotopic (exact) mass is 523 g/mol. The molecular weight excluding hydrogens is 499 g/mol. The molecule has 37 heavy (non-hydrogen) atoms. The van der Waals surface area contributed by atoms with Crippen LogP contribution in [0.15, 0.2) is 78.9 Å². The number of thiophene rings is 1. The Bertz CT molecular complexity index is 1430. The van der Waals surface area contributed by atoms with Crippen molar-refractivity contribution in [1.82, 2.24) is 4.90 Å². The number of carbonyl (C=O) groups is 1. The van der Waals surface area contributed by atoms with Gasteiger partial charge in [0.2, 0.25) is 0 Å². The topological polar surface area (TPSA) is 38.8 Å². The van der Waals surface area contributed by atoms with Crippen molar-refractivity contribution in [2.75, 3.05) is 20.8 Å². The van der Waals surface area contributed by atoms with Crippen molar-refractivity contribution in [1.29, 1.82) is 0 Å². The number of carbonyl (C=O) groups excluding carboxylic acids is 1. The van der Waals surface area contributed by atoms with E-state index in [9.17, 15) is 18.0 Å². The lowest BCUT2D eigenvalue weighted by Crippen LogP contribution is -2.40. The third-order valence-corrected chi connectivity index (χ3v) is 7.66. The van der Waals surface area contributed by atoms with Crippen LogP contribution in [0.4, 0.5) is 13.2 Å². The molecule has 3 aromatic carbocycles. The molecule has 1 amide bonds. The number of ether oxygens (including phenoxy) is 2. The Labute approximate surface area is 216 Å². The minimum absolute atomic E-state index is 0.169. The molecule has 0 unspecified atom stereocenters. The van der Waals surface area contributed by atoms with Crippen LogP contribution in [0.1, 0.15) is 38.0 Å². The first kappa shape index (κ1) is 24.9. The fraction of sp³-hybridized carbons (Fsp3) is 0.207. The van der Waals surface area contributed by atoms with Crippen LogP contribution in [-0.4, -0.2) is 31.6 Å². The number of benzene rings is 3. The predicted octanol–water partition coefficient (Wildman–Crippen LogP) is 7.24. The molecule has 1 atom stereocenters. The Balaban J connectivity index is 1.53. The van der Waals surface area contributed by atoms with E-state index < -0.39 is 11.7 Å². The second kappa shape index (κ2) is 9.94. The minimum atomic E-state index is -4.43. The molecule has 190 valence electrons. The molecule has 1 aliphatic rings. The molecule has 0 aliphatic carbocycles. The van der Waals surface area contributed by atoms with Crippen LogP contribution in [0, 0.1) is 0 Å². The SMILES string of the molecule is COc1cc2c(cc1OC)[C@@H](c1ccccc1)N(C(=O)c1ccc(-c3cccc(C(F)(F)F)c3)s1)CC2. The number of methoxy groups -OCH3 is 2. The average molecular weight is 524 g/mol. The van der Waals surface area contributed by atoms with E-state index in [1.807, 2.05) is 47.4 Å². The molecule has 0 spiro atoms. The Morgan fingerprint density at radius 1 is 0.919 bits per heavy atom.